The molecule has 0 spiro atoms. The Morgan fingerprint density at radius 2 is 2.05 bits per heavy atom. The fourth-order valence-corrected chi connectivity index (χ4v) is 2.62. The molecule has 1 aliphatic heterocycles. The van der Waals surface area contributed by atoms with Crippen LogP contribution in [0, 0.1) is 0 Å². The quantitative estimate of drug-likeness (QED) is 0.520. The molecule has 9 heteroatoms. The summed E-state index contributed by atoms with van der Waals surface area (Å²) in [6.45, 7) is 1.44. The fraction of sp³-hybridized carbons (Fsp3) is 0.417. The van der Waals surface area contributed by atoms with Crippen LogP contribution in [0.1, 0.15) is 28.3 Å². The minimum Gasteiger partial charge on any atom is -0.376 e. The van der Waals surface area contributed by atoms with Crippen LogP contribution < -0.4 is 9.50 Å². The number of carbonyl (C=O) groups excluding carboxylic acids is 1. The van der Waals surface area contributed by atoms with Gasteiger partial charge in [0, 0.05) is 12.1 Å². The summed E-state index contributed by atoms with van der Waals surface area (Å²) in [6, 6.07) is 3.54. The minimum atomic E-state index is -5.74. The molecular formula is C12H12F3NO4S. The normalized spacial score (nSPS) is 19.5. The number of benzene rings is 1. The van der Waals surface area contributed by atoms with Gasteiger partial charge in [0.15, 0.2) is 0 Å². The molecule has 1 aromatic carbocycles. The Morgan fingerprint density at radius 1 is 1.33 bits per heavy atom. The molecule has 1 saturated heterocycles. The van der Waals surface area contributed by atoms with Crippen molar-refractivity contribution in [2.75, 3.05) is 13.1 Å². The van der Waals surface area contributed by atoms with E-state index in [1.165, 1.54) is 6.07 Å². The van der Waals surface area contributed by atoms with Gasteiger partial charge in [-0.3, -0.25) is 4.79 Å². The molecule has 1 fully saturated rings. The van der Waals surface area contributed by atoms with Crippen LogP contribution in [-0.4, -0.2) is 33.3 Å². The average Bonchev–Trinajstić information content (AvgIpc) is 2.90. The van der Waals surface area contributed by atoms with E-state index in [2.05, 4.69) is 9.50 Å². The van der Waals surface area contributed by atoms with Crippen LogP contribution in [0.5, 0.6) is 5.75 Å². The molecule has 1 heterocycles. The second-order valence-corrected chi connectivity index (χ2v) is 6.12. The summed E-state index contributed by atoms with van der Waals surface area (Å²) in [5.74, 6) is -0.470. The first-order valence-corrected chi connectivity index (χ1v) is 7.46. The molecule has 0 aliphatic carbocycles. The highest BCUT2D eigenvalue weighted by atomic mass is 32.2. The molecule has 1 unspecified atom stereocenters. The van der Waals surface area contributed by atoms with Crippen molar-refractivity contribution in [3.8, 4) is 5.75 Å². The number of halogens is 3. The van der Waals surface area contributed by atoms with Crippen LogP contribution in [0.2, 0.25) is 0 Å². The van der Waals surface area contributed by atoms with Crippen molar-refractivity contribution < 1.29 is 30.6 Å². The molecule has 0 aromatic heterocycles. The van der Waals surface area contributed by atoms with E-state index in [-0.39, 0.29) is 11.5 Å². The molecule has 0 saturated carbocycles. The van der Waals surface area contributed by atoms with Gasteiger partial charge in [0.25, 0.3) is 0 Å². The number of hydrogen-bond donors (Lipinski definition) is 1. The largest absolute Gasteiger partial charge is 0.534 e. The third kappa shape index (κ3) is 3.35. The van der Waals surface area contributed by atoms with Gasteiger partial charge in [-0.25, -0.2) is 0 Å². The molecule has 0 radical (unpaired) electrons. The Hall–Kier alpha value is -1.61. The maximum Gasteiger partial charge on any atom is 0.534 e. The molecule has 2 rings (SSSR count). The lowest BCUT2D eigenvalue weighted by Gasteiger charge is -2.14. The van der Waals surface area contributed by atoms with E-state index in [9.17, 15) is 26.4 Å². The Morgan fingerprint density at radius 3 is 2.57 bits per heavy atom. The van der Waals surface area contributed by atoms with E-state index in [1.54, 1.807) is 0 Å². The van der Waals surface area contributed by atoms with Crippen molar-refractivity contribution in [2.24, 2.45) is 0 Å². The first-order valence-electron chi connectivity index (χ1n) is 6.05. The van der Waals surface area contributed by atoms with Crippen LogP contribution in [0.25, 0.3) is 0 Å². The van der Waals surface area contributed by atoms with E-state index in [0.717, 1.165) is 25.1 Å². The highest BCUT2D eigenvalue weighted by molar-refractivity contribution is 7.88. The summed E-state index contributed by atoms with van der Waals surface area (Å²) in [6.07, 6.45) is 1.27. The molecule has 1 atom stereocenters. The zero-order chi connectivity index (χ0) is 15.7. The molecule has 1 aliphatic rings. The van der Waals surface area contributed by atoms with Gasteiger partial charge >= 0.3 is 15.6 Å². The number of alkyl halides is 3. The molecule has 116 valence electrons. The summed E-state index contributed by atoms with van der Waals surface area (Å²) < 4.78 is 62.5. The predicted octanol–water partition coefficient (Wildman–Crippen LogP) is 1.80. The second-order valence-electron chi connectivity index (χ2n) is 4.58. The highest BCUT2D eigenvalue weighted by Crippen LogP contribution is 2.31. The summed E-state index contributed by atoms with van der Waals surface area (Å²) in [5, 5.41) is 3.10. The van der Waals surface area contributed by atoms with Crippen LogP contribution in [0.4, 0.5) is 13.2 Å². The lowest BCUT2D eigenvalue weighted by molar-refractivity contribution is -0.0500. The van der Waals surface area contributed by atoms with Crippen molar-refractivity contribution in [1.82, 2.24) is 5.32 Å². The molecule has 0 bridgehead atoms. The average molecular weight is 323 g/mol. The number of hydrogen-bond acceptors (Lipinski definition) is 5. The third-order valence-corrected chi connectivity index (χ3v) is 4.15. The van der Waals surface area contributed by atoms with Crippen LogP contribution >= 0.6 is 0 Å². The first-order chi connectivity index (χ1) is 9.74. The Labute approximate surface area is 119 Å². The fourth-order valence-electron chi connectivity index (χ4n) is 2.17. The molecule has 1 aromatic rings. The molecular weight excluding hydrogens is 311 g/mol. The number of rotatable bonds is 4. The zero-order valence-electron chi connectivity index (χ0n) is 10.7. The SMILES string of the molecule is O=Cc1cc(OS(=O)(=O)C(F)(F)F)ccc1C1CCNC1. The monoisotopic (exact) mass is 323 g/mol. The van der Waals surface area contributed by atoms with Gasteiger partial charge in [-0.15, -0.1) is 0 Å². The van der Waals surface area contributed by atoms with Crippen LogP contribution in [0.15, 0.2) is 18.2 Å². The van der Waals surface area contributed by atoms with Crippen molar-refractivity contribution in [3.05, 3.63) is 29.3 Å². The standard InChI is InChI=1S/C12H12F3NO4S/c13-12(14,15)21(18,19)20-10-1-2-11(9(5-10)7-17)8-3-4-16-6-8/h1-2,5,7-8,16H,3-4,6H2. The van der Waals surface area contributed by atoms with Crippen molar-refractivity contribution in [1.29, 1.82) is 0 Å². The van der Waals surface area contributed by atoms with E-state index >= 15 is 0 Å². The van der Waals surface area contributed by atoms with Crippen LogP contribution in [-0.2, 0) is 10.1 Å². The van der Waals surface area contributed by atoms with Gasteiger partial charge in [0.2, 0.25) is 0 Å². The summed E-state index contributed by atoms with van der Waals surface area (Å²) in [5.41, 5.74) is -4.73. The van der Waals surface area contributed by atoms with Crippen LogP contribution in [0.3, 0.4) is 0 Å². The van der Waals surface area contributed by atoms with Crippen molar-refractivity contribution in [2.45, 2.75) is 17.8 Å². The molecule has 0 amide bonds. The Bertz CT molecular complexity index is 636. The highest BCUT2D eigenvalue weighted by Gasteiger charge is 2.48. The van der Waals surface area contributed by atoms with Crippen molar-refractivity contribution >= 4 is 16.4 Å². The summed E-state index contributed by atoms with van der Waals surface area (Å²) in [4.78, 5) is 11.1. The zero-order valence-corrected chi connectivity index (χ0v) is 11.5. The number of nitrogens with one attached hydrogen (secondary N) is 1. The molecule has 1 N–H and O–H groups in total. The maximum absolute atomic E-state index is 12.2. The summed E-state index contributed by atoms with van der Waals surface area (Å²) in [7, 11) is -5.74. The second kappa shape index (κ2) is 5.64. The first kappa shape index (κ1) is 15.8. The smallest absolute Gasteiger partial charge is 0.376 e. The van der Waals surface area contributed by atoms with E-state index in [4.69, 9.17) is 0 Å². The van der Waals surface area contributed by atoms with Gasteiger partial charge in [-0.2, -0.15) is 21.6 Å². The van der Waals surface area contributed by atoms with E-state index in [1.807, 2.05) is 0 Å². The minimum absolute atomic E-state index is 0.0680. The van der Waals surface area contributed by atoms with Gasteiger partial charge in [-0.05, 0) is 36.6 Å². The van der Waals surface area contributed by atoms with E-state index < -0.39 is 21.4 Å². The molecule has 21 heavy (non-hydrogen) atoms. The van der Waals surface area contributed by atoms with Crippen molar-refractivity contribution in [3.63, 3.8) is 0 Å². The van der Waals surface area contributed by atoms with E-state index in [0.29, 0.717) is 18.4 Å². The lowest BCUT2D eigenvalue weighted by Crippen LogP contribution is -2.28. The number of carbonyl (C=O) groups is 1. The maximum atomic E-state index is 12.2. The van der Waals surface area contributed by atoms with Gasteiger partial charge in [0.05, 0.1) is 0 Å². The van der Waals surface area contributed by atoms with Gasteiger partial charge in [0.1, 0.15) is 12.0 Å². The van der Waals surface area contributed by atoms with Gasteiger partial charge in [-0.1, -0.05) is 6.07 Å². The Balaban J connectivity index is 2.29. The Kier molecular flexibility index (Phi) is 4.24. The van der Waals surface area contributed by atoms with Gasteiger partial charge < -0.3 is 9.50 Å². The lowest BCUT2D eigenvalue weighted by atomic mass is 9.94. The third-order valence-electron chi connectivity index (χ3n) is 3.17. The predicted molar refractivity (Wildman–Crippen MR) is 67.7 cm³/mol. The summed E-state index contributed by atoms with van der Waals surface area (Å²) >= 11 is 0. The topological polar surface area (TPSA) is 72.5 Å². The molecule has 5 nitrogen and oxygen atoms in total. The number of aldehydes is 1.